The van der Waals surface area contributed by atoms with Crippen LogP contribution >= 0.6 is 0 Å². The summed E-state index contributed by atoms with van der Waals surface area (Å²) in [4.78, 5) is 10.3. The zero-order chi connectivity index (χ0) is 11.7. The van der Waals surface area contributed by atoms with Gasteiger partial charge in [0.15, 0.2) is 0 Å². The van der Waals surface area contributed by atoms with Gasteiger partial charge < -0.3 is 9.84 Å². The maximum absolute atomic E-state index is 10.3. The van der Waals surface area contributed by atoms with E-state index >= 15 is 0 Å². The highest BCUT2D eigenvalue weighted by Crippen LogP contribution is 2.52. The van der Waals surface area contributed by atoms with Gasteiger partial charge in [-0.15, -0.1) is 0 Å². The minimum Gasteiger partial charge on any atom is -0.494 e. The normalized spacial score (nSPS) is 27.2. The molecule has 0 bridgehead atoms. The van der Waals surface area contributed by atoms with Crippen molar-refractivity contribution in [2.75, 3.05) is 6.61 Å². The molecule has 0 amide bonds. The SMILES string of the molecule is CC1=CC(OCCCC(=O)O)=C(C)C2CC12. The molecule has 2 atom stereocenters. The Morgan fingerprint density at radius 1 is 1.50 bits per heavy atom. The van der Waals surface area contributed by atoms with Crippen LogP contribution in [-0.4, -0.2) is 17.7 Å². The number of carboxylic acid groups (broad SMARTS) is 1. The molecule has 0 saturated heterocycles. The molecular weight excluding hydrogens is 204 g/mol. The molecule has 0 radical (unpaired) electrons. The van der Waals surface area contributed by atoms with E-state index in [2.05, 4.69) is 19.9 Å². The predicted molar refractivity (Wildman–Crippen MR) is 60.9 cm³/mol. The van der Waals surface area contributed by atoms with Gasteiger partial charge in [0, 0.05) is 6.42 Å². The first-order chi connectivity index (χ1) is 7.59. The number of rotatable bonds is 5. The van der Waals surface area contributed by atoms with E-state index in [1.807, 2.05) is 0 Å². The Hall–Kier alpha value is -1.25. The summed E-state index contributed by atoms with van der Waals surface area (Å²) in [5.74, 6) is 1.67. The third kappa shape index (κ3) is 2.29. The van der Waals surface area contributed by atoms with Crippen molar-refractivity contribution in [1.82, 2.24) is 0 Å². The van der Waals surface area contributed by atoms with E-state index in [-0.39, 0.29) is 6.42 Å². The molecule has 0 spiro atoms. The van der Waals surface area contributed by atoms with Crippen molar-refractivity contribution in [1.29, 1.82) is 0 Å². The van der Waals surface area contributed by atoms with E-state index in [4.69, 9.17) is 9.84 Å². The molecule has 0 aromatic carbocycles. The monoisotopic (exact) mass is 222 g/mol. The molecule has 2 unspecified atom stereocenters. The van der Waals surface area contributed by atoms with Crippen molar-refractivity contribution in [3.63, 3.8) is 0 Å². The third-order valence-electron chi connectivity index (χ3n) is 3.47. The van der Waals surface area contributed by atoms with Crippen molar-refractivity contribution in [3.05, 3.63) is 23.0 Å². The van der Waals surface area contributed by atoms with Gasteiger partial charge in [-0.3, -0.25) is 4.79 Å². The van der Waals surface area contributed by atoms with Crippen LogP contribution < -0.4 is 0 Å². The number of hydrogen-bond donors (Lipinski definition) is 1. The highest BCUT2D eigenvalue weighted by atomic mass is 16.5. The van der Waals surface area contributed by atoms with Gasteiger partial charge in [0.25, 0.3) is 0 Å². The maximum atomic E-state index is 10.3. The number of hydrogen-bond acceptors (Lipinski definition) is 2. The molecule has 3 heteroatoms. The fraction of sp³-hybridized carbons (Fsp3) is 0.615. The Labute approximate surface area is 95.8 Å². The van der Waals surface area contributed by atoms with E-state index in [1.54, 1.807) is 0 Å². The minimum atomic E-state index is -0.757. The van der Waals surface area contributed by atoms with Crippen LogP contribution in [0.4, 0.5) is 0 Å². The van der Waals surface area contributed by atoms with Crippen LogP contribution in [0.15, 0.2) is 23.0 Å². The van der Waals surface area contributed by atoms with Crippen LogP contribution in [0.1, 0.15) is 33.1 Å². The summed E-state index contributed by atoms with van der Waals surface area (Å²) in [5.41, 5.74) is 2.75. The minimum absolute atomic E-state index is 0.182. The Kier molecular flexibility index (Phi) is 3.03. The molecule has 2 rings (SSSR count). The molecule has 16 heavy (non-hydrogen) atoms. The molecule has 0 aliphatic heterocycles. The quantitative estimate of drug-likeness (QED) is 0.727. The average molecular weight is 222 g/mol. The van der Waals surface area contributed by atoms with Gasteiger partial charge in [0.1, 0.15) is 5.76 Å². The summed E-state index contributed by atoms with van der Waals surface area (Å²) in [6.45, 7) is 4.78. The van der Waals surface area contributed by atoms with E-state index in [0.717, 1.165) is 11.7 Å². The highest BCUT2D eigenvalue weighted by Gasteiger charge is 2.43. The molecule has 1 fully saturated rings. The largest absolute Gasteiger partial charge is 0.494 e. The molecule has 0 aromatic rings. The first-order valence-corrected chi connectivity index (χ1v) is 5.83. The number of allylic oxidation sites excluding steroid dienone is 3. The van der Waals surface area contributed by atoms with Gasteiger partial charge in [-0.2, -0.15) is 0 Å². The molecule has 88 valence electrons. The highest BCUT2D eigenvalue weighted by molar-refractivity contribution is 5.66. The first kappa shape index (κ1) is 11.2. The molecule has 2 aliphatic carbocycles. The number of ether oxygens (including phenoxy) is 1. The summed E-state index contributed by atoms with van der Waals surface area (Å²) in [6, 6.07) is 0. The van der Waals surface area contributed by atoms with E-state index in [1.165, 1.54) is 17.6 Å². The molecule has 1 N–H and O–H groups in total. The van der Waals surface area contributed by atoms with Gasteiger partial charge in [0.2, 0.25) is 0 Å². The van der Waals surface area contributed by atoms with Crippen molar-refractivity contribution in [2.45, 2.75) is 33.1 Å². The molecule has 3 nitrogen and oxygen atoms in total. The Balaban J connectivity index is 1.85. The summed E-state index contributed by atoms with van der Waals surface area (Å²) >= 11 is 0. The number of aliphatic carboxylic acids is 1. The lowest BCUT2D eigenvalue weighted by Gasteiger charge is -2.16. The zero-order valence-corrected chi connectivity index (χ0v) is 9.82. The van der Waals surface area contributed by atoms with Crippen molar-refractivity contribution in [2.24, 2.45) is 11.8 Å². The summed E-state index contributed by atoms with van der Waals surface area (Å²) in [6.07, 6.45) is 4.13. The van der Waals surface area contributed by atoms with Crippen molar-refractivity contribution >= 4 is 5.97 Å². The van der Waals surface area contributed by atoms with Gasteiger partial charge >= 0.3 is 5.97 Å². The van der Waals surface area contributed by atoms with Crippen molar-refractivity contribution < 1.29 is 14.6 Å². The lowest BCUT2D eigenvalue weighted by molar-refractivity contribution is -0.137. The van der Waals surface area contributed by atoms with Gasteiger partial charge in [0.05, 0.1) is 6.61 Å². The maximum Gasteiger partial charge on any atom is 0.303 e. The van der Waals surface area contributed by atoms with Crippen LogP contribution in [0.5, 0.6) is 0 Å². The number of carboxylic acids is 1. The molecule has 0 heterocycles. The average Bonchev–Trinajstić information content (AvgIpc) is 2.99. The van der Waals surface area contributed by atoms with Crippen molar-refractivity contribution in [3.8, 4) is 0 Å². The first-order valence-electron chi connectivity index (χ1n) is 5.83. The lowest BCUT2D eigenvalue weighted by Crippen LogP contribution is -2.05. The van der Waals surface area contributed by atoms with Crippen LogP contribution in [0.3, 0.4) is 0 Å². The fourth-order valence-electron chi connectivity index (χ4n) is 2.35. The standard InChI is InChI=1S/C13H18O3/c1-8-6-12(9(2)11-7-10(8)11)16-5-3-4-13(14)15/h6,10-11H,3-5,7H2,1-2H3,(H,14,15). The van der Waals surface area contributed by atoms with E-state index < -0.39 is 5.97 Å². The number of carbonyl (C=O) groups is 1. The Bertz CT molecular complexity index is 365. The second kappa shape index (κ2) is 4.32. The molecular formula is C13H18O3. The number of fused-ring (bicyclic) bond motifs is 1. The van der Waals surface area contributed by atoms with Crippen LogP contribution in [0.2, 0.25) is 0 Å². The molecule has 1 saturated carbocycles. The Morgan fingerprint density at radius 3 is 2.94 bits per heavy atom. The van der Waals surface area contributed by atoms with Crippen LogP contribution in [-0.2, 0) is 9.53 Å². The predicted octanol–water partition coefficient (Wildman–Crippen LogP) is 2.74. The smallest absolute Gasteiger partial charge is 0.303 e. The van der Waals surface area contributed by atoms with Crippen LogP contribution in [0.25, 0.3) is 0 Å². The second-order valence-electron chi connectivity index (χ2n) is 4.73. The summed E-state index contributed by atoms with van der Waals surface area (Å²) < 4.78 is 5.65. The van der Waals surface area contributed by atoms with E-state index in [9.17, 15) is 4.79 Å². The fourth-order valence-corrected chi connectivity index (χ4v) is 2.35. The zero-order valence-electron chi connectivity index (χ0n) is 9.82. The molecule has 2 aliphatic rings. The Morgan fingerprint density at radius 2 is 2.25 bits per heavy atom. The summed E-state index contributed by atoms with van der Waals surface area (Å²) in [7, 11) is 0. The van der Waals surface area contributed by atoms with Crippen LogP contribution in [0, 0.1) is 11.8 Å². The summed E-state index contributed by atoms with van der Waals surface area (Å²) in [5, 5.41) is 8.51. The van der Waals surface area contributed by atoms with Gasteiger partial charge in [-0.25, -0.2) is 0 Å². The van der Waals surface area contributed by atoms with Gasteiger partial charge in [-0.1, -0.05) is 5.57 Å². The molecule has 0 aromatic heterocycles. The van der Waals surface area contributed by atoms with Gasteiger partial charge in [-0.05, 0) is 50.2 Å². The second-order valence-corrected chi connectivity index (χ2v) is 4.73. The van der Waals surface area contributed by atoms with E-state index in [0.29, 0.717) is 18.9 Å². The lowest BCUT2D eigenvalue weighted by atomic mass is 9.99. The third-order valence-corrected chi connectivity index (χ3v) is 3.47. The topological polar surface area (TPSA) is 46.5 Å².